The van der Waals surface area contributed by atoms with Crippen LogP contribution in [0, 0.1) is 0 Å². The molecule has 0 aliphatic rings. The molecule has 0 spiro atoms. The van der Waals surface area contributed by atoms with E-state index in [0.717, 1.165) is 16.8 Å². The number of hydrogen-bond acceptors (Lipinski definition) is 2. The third-order valence-corrected chi connectivity index (χ3v) is 1.81. The number of carbonyl (C=O) groups excluding carboxylic acids is 1. The third-order valence-electron chi connectivity index (χ3n) is 1.81. The van der Waals surface area contributed by atoms with Crippen molar-refractivity contribution in [2.24, 2.45) is 0 Å². The van der Waals surface area contributed by atoms with Gasteiger partial charge in [-0.3, -0.25) is 4.79 Å². The van der Waals surface area contributed by atoms with Crippen LogP contribution in [-0.2, 0) is 0 Å². The van der Waals surface area contributed by atoms with Gasteiger partial charge in [-0.15, -0.1) is 0 Å². The highest BCUT2D eigenvalue weighted by Gasteiger charge is 2.03. The molecule has 0 atom stereocenters. The van der Waals surface area contributed by atoms with Crippen molar-refractivity contribution in [2.75, 3.05) is 7.11 Å². The van der Waals surface area contributed by atoms with Gasteiger partial charge in [0, 0.05) is 5.56 Å². The summed E-state index contributed by atoms with van der Waals surface area (Å²) in [6.45, 7) is 1.56. The number of Topliss-reactive ketones (excluding diaryl/α,β-unsaturated/α-hetero) is 1. The number of methoxy groups -OCH3 is 1. The van der Waals surface area contributed by atoms with E-state index in [-0.39, 0.29) is 5.78 Å². The summed E-state index contributed by atoms with van der Waals surface area (Å²) in [6.07, 6.45) is 0. The maximum atomic E-state index is 11.0. The lowest BCUT2D eigenvalue weighted by Crippen LogP contribution is -2.13. The van der Waals surface area contributed by atoms with Crippen molar-refractivity contribution in [2.45, 2.75) is 6.92 Å². The van der Waals surface area contributed by atoms with Gasteiger partial charge in [-0.2, -0.15) is 0 Å². The quantitative estimate of drug-likeness (QED) is 0.457. The predicted molar refractivity (Wildman–Crippen MR) is 51.2 cm³/mol. The van der Waals surface area contributed by atoms with Crippen molar-refractivity contribution in [3.8, 4) is 5.75 Å². The van der Waals surface area contributed by atoms with Crippen molar-refractivity contribution >= 4 is 19.1 Å². The van der Waals surface area contributed by atoms with Crippen molar-refractivity contribution in [3.05, 3.63) is 23.8 Å². The average Bonchev–Trinajstić information content (AvgIpc) is 2.03. The fourth-order valence-corrected chi connectivity index (χ4v) is 1.16. The summed E-state index contributed by atoms with van der Waals surface area (Å²) in [7, 11) is 3.52. The molecule has 0 amide bonds. The van der Waals surface area contributed by atoms with Gasteiger partial charge < -0.3 is 4.74 Å². The van der Waals surface area contributed by atoms with Crippen LogP contribution in [0.1, 0.15) is 17.3 Å². The van der Waals surface area contributed by atoms with E-state index in [4.69, 9.17) is 4.74 Å². The van der Waals surface area contributed by atoms with Gasteiger partial charge in [0.1, 0.15) is 13.6 Å². The van der Waals surface area contributed by atoms with E-state index in [9.17, 15) is 4.79 Å². The lowest BCUT2D eigenvalue weighted by atomic mass is 9.89. The van der Waals surface area contributed by atoms with Crippen LogP contribution in [0.25, 0.3) is 0 Å². The van der Waals surface area contributed by atoms with Gasteiger partial charge in [0.15, 0.2) is 5.78 Å². The molecule has 0 aliphatic heterocycles. The van der Waals surface area contributed by atoms with E-state index in [0.29, 0.717) is 0 Å². The molecule has 0 N–H and O–H groups in total. The lowest BCUT2D eigenvalue weighted by Gasteiger charge is -2.04. The largest absolute Gasteiger partial charge is 0.497 e. The molecule has 12 heavy (non-hydrogen) atoms. The molecule has 62 valence electrons. The molecular formula is C9H11BO2. The smallest absolute Gasteiger partial charge is 0.159 e. The van der Waals surface area contributed by atoms with E-state index in [1.807, 2.05) is 13.9 Å². The van der Waals surface area contributed by atoms with Gasteiger partial charge in [-0.25, -0.2) is 0 Å². The zero-order valence-corrected chi connectivity index (χ0v) is 7.55. The van der Waals surface area contributed by atoms with Crippen LogP contribution < -0.4 is 10.2 Å². The molecule has 2 nitrogen and oxygen atoms in total. The van der Waals surface area contributed by atoms with E-state index in [1.165, 1.54) is 0 Å². The first-order valence-electron chi connectivity index (χ1n) is 3.80. The van der Waals surface area contributed by atoms with Gasteiger partial charge in [0.05, 0.1) is 7.11 Å². The Bertz CT molecular complexity index is 307. The second-order valence-electron chi connectivity index (χ2n) is 2.74. The second-order valence-corrected chi connectivity index (χ2v) is 2.74. The molecule has 0 fully saturated rings. The fourth-order valence-electron chi connectivity index (χ4n) is 1.16. The third kappa shape index (κ3) is 1.67. The van der Waals surface area contributed by atoms with Crippen molar-refractivity contribution in [1.82, 2.24) is 0 Å². The molecule has 1 aromatic rings. The number of rotatable bonds is 2. The van der Waals surface area contributed by atoms with Crippen LogP contribution in [-0.4, -0.2) is 20.7 Å². The predicted octanol–water partition coefficient (Wildman–Crippen LogP) is 0.156. The summed E-state index contributed by atoms with van der Waals surface area (Å²) < 4.78 is 5.02. The van der Waals surface area contributed by atoms with Crippen LogP contribution in [0.2, 0.25) is 0 Å². The van der Waals surface area contributed by atoms with Crippen molar-refractivity contribution in [1.29, 1.82) is 0 Å². The molecule has 0 radical (unpaired) electrons. The van der Waals surface area contributed by atoms with Crippen LogP contribution in [0.5, 0.6) is 5.75 Å². The monoisotopic (exact) mass is 162 g/mol. The summed E-state index contributed by atoms with van der Waals surface area (Å²) in [4.78, 5) is 11.0. The Balaban J connectivity index is 3.12. The van der Waals surface area contributed by atoms with E-state index >= 15 is 0 Å². The molecule has 0 saturated carbocycles. The van der Waals surface area contributed by atoms with E-state index in [2.05, 4.69) is 0 Å². The van der Waals surface area contributed by atoms with E-state index < -0.39 is 0 Å². The maximum Gasteiger partial charge on any atom is 0.159 e. The van der Waals surface area contributed by atoms with Gasteiger partial charge >= 0.3 is 0 Å². The minimum atomic E-state index is 0.0927. The molecule has 0 heterocycles. The molecule has 1 aromatic carbocycles. The Labute approximate surface area is 73.0 Å². The molecule has 0 aromatic heterocycles. The van der Waals surface area contributed by atoms with Crippen LogP contribution >= 0.6 is 0 Å². The normalized spacial score (nSPS) is 9.50. The van der Waals surface area contributed by atoms with Crippen molar-refractivity contribution < 1.29 is 9.53 Å². The highest BCUT2D eigenvalue weighted by atomic mass is 16.5. The lowest BCUT2D eigenvalue weighted by molar-refractivity contribution is 0.101. The summed E-state index contributed by atoms with van der Waals surface area (Å²) in [5.74, 6) is 0.882. The van der Waals surface area contributed by atoms with Gasteiger partial charge in [-0.1, -0.05) is 5.46 Å². The second kappa shape index (κ2) is 3.43. The van der Waals surface area contributed by atoms with Crippen LogP contribution in [0.3, 0.4) is 0 Å². The maximum absolute atomic E-state index is 11.0. The highest BCUT2D eigenvalue weighted by molar-refractivity contribution is 6.36. The molecule has 0 unspecified atom stereocenters. The number of hydrogen-bond donors (Lipinski definition) is 0. The summed E-state index contributed by atoms with van der Waals surface area (Å²) in [5.41, 5.74) is 1.72. The zero-order valence-electron chi connectivity index (χ0n) is 7.55. The number of benzene rings is 1. The van der Waals surface area contributed by atoms with Crippen LogP contribution in [0.15, 0.2) is 18.2 Å². The number of ketones is 1. The fraction of sp³-hybridized carbons (Fsp3) is 0.222. The Morgan fingerprint density at radius 1 is 1.50 bits per heavy atom. The minimum absolute atomic E-state index is 0.0927. The zero-order chi connectivity index (χ0) is 9.14. The Hall–Kier alpha value is -1.25. The SMILES string of the molecule is Bc1cc(OC)ccc1C(C)=O. The van der Waals surface area contributed by atoms with Gasteiger partial charge in [-0.05, 0) is 25.1 Å². The molecular weight excluding hydrogens is 151 g/mol. The summed E-state index contributed by atoms with van der Waals surface area (Å²) >= 11 is 0. The topological polar surface area (TPSA) is 26.3 Å². The minimum Gasteiger partial charge on any atom is -0.497 e. The standard InChI is InChI=1S/C9H11BO2/c1-6(11)8-4-3-7(12-2)5-9(8)10/h3-5H,10H2,1-2H3. The molecule has 0 saturated heterocycles. The Morgan fingerprint density at radius 2 is 2.17 bits per heavy atom. The first-order chi connectivity index (χ1) is 5.65. The first kappa shape index (κ1) is 8.85. The number of ether oxygens (including phenoxy) is 1. The van der Waals surface area contributed by atoms with Crippen LogP contribution in [0.4, 0.5) is 0 Å². The molecule has 3 heteroatoms. The molecule has 0 aliphatic carbocycles. The highest BCUT2D eigenvalue weighted by Crippen LogP contribution is 2.08. The summed E-state index contributed by atoms with van der Waals surface area (Å²) in [5, 5.41) is 0. The summed E-state index contributed by atoms with van der Waals surface area (Å²) in [6, 6.07) is 5.44. The van der Waals surface area contributed by atoms with Gasteiger partial charge in [0.25, 0.3) is 0 Å². The average molecular weight is 162 g/mol. The van der Waals surface area contributed by atoms with Crippen molar-refractivity contribution in [3.63, 3.8) is 0 Å². The molecule has 1 rings (SSSR count). The van der Waals surface area contributed by atoms with Gasteiger partial charge in [0.2, 0.25) is 0 Å². The molecule has 0 bridgehead atoms. The van der Waals surface area contributed by atoms with E-state index in [1.54, 1.807) is 26.2 Å². The number of carbonyl (C=O) groups is 1. The Kier molecular flexibility index (Phi) is 2.53. The Morgan fingerprint density at radius 3 is 2.58 bits per heavy atom. The first-order valence-corrected chi connectivity index (χ1v) is 3.80.